The second-order valence-corrected chi connectivity index (χ2v) is 6.06. The molecule has 5 nitrogen and oxygen atoms in total. The predicted octanol–water partition coefficient (Wildman–Crippen LogP) is 3.41. The van der Waals surface area contributed by atoms with E-state index in [1.165, 1.54) is 0 Å². The first-order chi connectivity index (χ1) is 12.1. The Balaban J connectivity index is 1.70. The zero-order chi connectivity index (χ0) is 17.8. The van der Waals surface area contributed by atoms with Crippen LogP contribution in [0.3, 0.4) is 0 Å². The molecule has 132 valence electrons. The van der Waals surface area contributed by atoms with Crippen LogP contribution in [0.15, 0.2) is 42.5 Å². The van der Waals surface area contributed by atoms with Crippen molar-refractivity contribution in [2.24, 2.45) is 0 Å². The molecule has 2 aromatic rings. The number of benzene rings is 2. The molecule has 2 aromatic carbocycles. The van der Waals surface area contributed by atoms with Gasteiger partial charge in [-0.2, -0.15) is 0 Å². The van der Waals surface area contributed by atoms with Crippen LogP contribution in [0.1, 0.15) is 30.5 Å². The molecule has 25 heavy (non-hydrogen) atoms. The first kappa shape index (κ1) is 17.1. The van der Waals surface area contributed by atoms with Gasteiger partial charge >= 0.3 is 0 Å². The number of para-hydroxylation sites is 2. The average molecular weight is 341 g/mol. The van der Waals surface area contributed by atoms with Crippen molar-refractivity contribution >= 4 is 5.91 Å². The van der Waals surface area contributed by atoms with Gasteiger partial charge < -0.3 is 19.5 Å². The average Bonchev–Trinajstić information content (AvgIpc) is 2.65. The molecule has 0 bridgehead atoms. The molecule has 0 aromatic heterocycles. The molecule has 0 fully saturated rings. The van der Waals surface area contributed by atoms with E-state index in [0.717, 1.165) is 23.3 Å². The molecule has 1 N–H and O–H groups in total. The summed E-state index contributed by atoms with van der Waals surface area (Å²) in [5, 5.41) is 3.06. The molecule has 0 saturated carbocycles. The van der Waals surface area contributed by atoms with Crippen molar-refractivity contribution in [3.63, 3.8) is 0 Å². The first-order valence-electron chi connectivity index (χ1n) is 8.45. The summed E-state index contributed by atoms with van der Waals surface area (Å²) in [6.45, 7) is 4.24. The summed E-state index contributed by atoms with van der Waals surface area (Å²) in [6, 6.07) is 13.2. The number of nitrogens with one attached hydrogen (secondary N) is 1. The summed E-state index contributed by atoms with van der Waals surface area (Å²) in [6.07, 6.45) is 0.130. The molecule has 0 saturated heterocycles. The molecule has 1 amide bonds. The predicted molar refractivity (Wildman–Crippen MR) is 95.3 cm³/mol. The second kappa shape index (κ2) is 7.47. The number of rotatable bonds is 5. The number of fused-ring (bicyclic) bond motifs is 1. The summed E-state index contributed by atoms with van der Waals surface area (Å²) in [5.74, 6) is 1.94. The summed E-state index contributed by atoms with van der Waals surface area (Å²) in [7, 11) is 1.65. The minimum absolute atomic E-state index is 0.0853. The highest BCUT2D eigenvalue weighted by Gasteiger charge is 2.28. The monoisotopic (exact) mass is 341 g/mol. The molecule has 3 rings (SSSR count). The van der Waals surface area contributed by atoms with Crippen molar-refractivity contribution in [3.8, 4) is 17.2 Å². The smallest absolute Gasteiger partial charge is 0.265 e. The van der Waals surface area contributed by atoms with Gasteiger partial charge in [0.2, 0.25) is 6.10 Å². The minimum atomic E-state index is -0.650. The van der Waals surface area contributed by atoms with Crippen molar-refractivity contribution in [3.05, 3.63) is 53.6 Å². The molecular weight excluding hydrogens is 318 g/mol. The van der Waals surface area contributed by atoms with E-state index in [4.69, 9.17) is 14.2 Å². The molecule has 1 aliphatic heterocycles. The lowest BCUT2D eigenvalue weighted by Crippen LogP contribution is -2.45. The summed E-state index contributed by atoms with van der Waals surface area (Å²) < 4.78 is 16.7. The van der Waals surface area contributed by atoms with Crippen LogP contribution in [0.4, 0.5) is 0 Å². The van der Waals surface area contributed by atoms with E-state index < -0.39 is 6.10 Å². The minimum Gasteiger partial charge on any atom is -0.496 e. The maximum atomic E-state index is 12.6. The quantitative estimate of drug-likeness (QED) is 0.905. The van der Waals surface area contributed by atoms with Crippen LogP contribution in [-0.4, -0.2) is 25.7 Å². The fourth-order valence-corrected chi connectivity index (χ4v) is 2.95. The second-order valence-electron chi connectivity index (χ2n) is 6.06. The zero-order valence-electron chi connectivity index (χ0n) is 14.7. The van der Waals surface area contributed by atoms with Gasteiger partial charge in [0.05, 0.1) is 13.2 Å². The van der Waals surface area contributed by atoms with Crippen LogP contribution in [0.2, 0.25) is 0 Å². The molecule has 2 atom stereocenters. The van der Waals surface area contributed by atoms with Crippen molar-refractivity contribution in [1.29, 1.82) is 0 Å². The topological polar surface area (TPSA) is 56.8 Å². The lowest BCUT2D eigenvalue weighted by molar-refractivity contribution is -0.131. The van der Waals surface area contributed by atoms with E-state index in [1.807, 2.05) is 50.2 Å². The largest absolute Gasteiger partial charge is 0.496 e. The number of methoxy groups -OCH3 is 1. The van der Waals surface area contributed by atoms with Gasteiger partial charge in [0.15, 0.2) is 11.5 Å². The van der Waals surface area contributed by atoms with Gasteiger partial charge in [0.1, 0.15) is 12.4 Å². The van der Waals surface area contributed by atoms with Crippen molar-refractivity contribution in [2.75, 3.05) is 13.7 Å². The maximum Gasteiger partial charge on any atom is 0.265 e. The molecule has 0 spiro atoms. The molecule has 0 radical (unpaired) electrons. The van der Waals surface area contributed by atoms with Gasteiger partial charge in [0, 0.05) is 0 Å². The van der Waals surface area contributed by atoms with Gasteiger partial charge in [-0.1, -0.05) is 31.2 Å². The SMILES string of the molecule is CC[C@@H](NC(=O)[C@H]1COc2ccccc2O1)c1ccc(OC)c(C)c1. The van der Waals surface area contributed by atoms with Crippen LogP contribution < -0.4 is 19.5 Å². The summed E-state index contributed by atoms with van der Waals surface area (Å²) >= 11 is 0. The van der Waals surface area contributed by atoms with Crippen LogP contribution in [0.25, 0.3) is 0 Å². The van der Waals surface area contributed by atoms with E-state index in [1.54, 1.807) is 13.2 Å². The summed E-state index contributed by atoms with van der Waals surface area (Å²) in [5.41, 5.74) is 2.09. The molecular formula is C20H23NO4. The van der Waals surface area contributed by atoms with Crippen molar-refractivity contribution < 1.29 is 19.0 Å². The third kappa shape index (κ3) is 3.71. The Morgan fingerprint density at radius 2 is 2.04 bits per heavy atom. The van der Waals surface area contributed by atoms with Gasteiger partial charge in [-0.05, 0) is 42.7 Å². The Bertz CT molecular complexity index is 759. The Morgan fingerprint density at radius 1 is 1.28 bits per heavy atom. The number of aryl methyl sites for hydroxylation is 1. The third-order valence-corrected chi connectivity index (χ3v) is 4.35. The van der Waals surface area contributed by atoms with E-state index in [-0.39, 0.29) is 18.6 Å². The Kier molecular flexibility index (Phi) is 5.12. The molecule has 0 aliphatic carbocycles. The van der Waals surface area contributed by atoms with Crippen LogP contribution in [0, 0.1) is 6.92 Å². The van der Waals surface area contributed by atoms with Crippen LogP contribution in [0.5, 0.6) is 17.2 Å². The van der Waals surface area contributed by atoms with Crippen LogP contribution >= 0.6 is 0 Å². The molecule has 1 aliphatic rings. The first-order valence-corrected chi connectivity index (χ1v) is 8.45. The summed E-state index contributed by atoms with van der Waals surface area (Å²) in [4.78, 5) is 12.6. The third-order valence-electron chi connectivity index (χ3n) is 4.35. The van der Waals surface area contributed by atoms with E-state index >= 15 is 0 Å². The molecule has 5 heteroatoms. The highest BCUT2D eigenvalue weighted by atomic mass is 16.6. The lowest BCUT2D eigenvalue weighted by Gasteiger charge is -2.27. The zero-order valence-corrected chi connectivity index (χ0v) is 14.7. The molecule has 0 unspecified atom stereocenters. The fourth-order valence-electron chi connectivity index (χ4n) is 2.95. The molecule has 1 heterocycles. The Morgan fingerprint density at radius 3 is 2.72 bits per heavy atom. The van der Waals surface area contributed by atoms with E-state index in [0.29, 0.717) is 11.5 Å². The number of hydrogen-bond acceptors (Lipinski definition) is 4. The number of ether oxygens (including phenoxy) is 3. The van der Waals surface area contributed by atoms with Crippen molar-refractivity contribution in [1.82, 2.24) is 5.32 Å². The highest BCUT2D eigenvalue weighted by Crippen LogP contribution is 2.31. The maximum absolute atomic E-state index is 12.6. The number of carbonyl (C=O) groups is 1. The van der Waals surface area contributed by atoms with Gasteiger partial charge in [0.25, 0.3) is 5.91 Å². The number of hydrogen-bond donors (Lipinski definition) is 1. The van der Waals surface area contributed by atoms with Gasteiger partial charge in [-0.25, -0.2) is 0 Å². The van der Waals surface area contributed by atoms with Gasteiger partial charge in [-0.15, -0.1) is 0 Å². The standard InChI is InChI=1S/C20H23NO4/c1-4-15(14-9-10-16(23-3)13(2)11-14)21-20(22)19-12-24-17-7-5-6-8-18(17)25-19/h5-11,15,19H,4,12H2,1-3H3,(H,21,22)/t15-,19-/m1/s1. The highest BCUT2D eigenvalue weighted by molar-refractivity contribution is 5.82. The van der Waals surface area contributed by atoms with Crippen LogP contribution in [-0.2, 0) is 4.79 Å². The number of carbonyl (C=O) groups excluding carboxylic acids is 1. The normalized spacial score (nSPS) is 16.8. The number of amides is 1. The van der Waals surface area contributed by atoms with Crippen molar-refractivity contribution in [2.45, 2.75) is 32.4 Å². The lowest BCUT2D eigenvalue weighted by atomic mass is 10.0. The Hall–Kier alpha value is -2.69. The fraction of sp³-hybridized carbons (Fsp3) is 0.350. The Labute approximate surface area is 147 Å². The van der Waals surface area contributed by atoms with E-state index in [2.05, 4.69) is 5.32 Å². The van der Waals surface area contributed by atoms with E-state index in [9.17, 15) is 4.79 Å². The van der Waals surface area contributed by atoms with Gasteiger partial charge in [-0.3, -0.25) is 4.79 Å².